The monoisotopic (exact) mass is 890 g/mol. The first-order valence-electron chi connectivity index (χ1n) is 21.8. The molecule has 0 saturated heterocycles. The Morgan fingerprint density at radius 1 is 0.667 bits per heavy atom. The van der Waals surface area contributed by atoms with Crippen molar-refractivity contribution in [3.8, 4) is 17.6 Å². The van der Waals surface area contributed by atoms with Gasteiger partial charge in [-0.1, -0.05) is 127 Å². The minimum atomic E-state index is -2.81. The van der Waals surface area contributed by atoms with Gasteiger partial charge in [0.25, 0.3) is 8.32 Å². The van der Waals surface area contributed by atoms with E-state index in [1.807, 2.05) is 24.3 Å². The summed E-state index contributed by atoms with van der Waals surface area (Å²) < 4.78 is 39.3. The van der Waals surface area contributed by atoms with Crippen LogP contribution in [0.5, 0.6) is 5.75 Å². The fourth-order valence-corrected chi connectivity index (χ4v) is 15.4. The van der Waals surface area contributed by atoms with Crippen molar-refractivity contribution in [2.24, 2.45) is 5.92 Å². The summed E-state index contributed by atoms with van der Waals surface area (Å²) in [6, 6.07) is 29.4. The fraction of sp³-hybridized carbons (Fsp3) is 0.571. The molecule has 11 heteroatoms. The summed E-state index contributed by atoms with van der Waals surface area (Å²) in [4.78, 5) is 14.3. The van der Waals surface area contributed by atoms with Crippen LogP contribution in [0.3, 0.4) is 0 Å². The maximum absolute atomic E-state index is 14.3. The van der Waals surface area contributed by atoms with E-state index in [0.717, 1.165) is 11.3 Å². The normalized spacial score (nSPS) is 15.1. The second kappa shape index (κ2) is 22.1. The molecule has 0 radical (unpaired) electrons. The lowest BCUT2D eigenvalue weighted by molar-refractivity contribution is -0.121. The van der Waals surface area contributed by atoms with Crippen LogP contribution in [0.4, 0.5) is 0 Å². The van der Waals surface area contributed by atoms with Gasteiger partial charge in [0, 0.05) is 12.3 Å². The molecule has 0 aliphatic rings. The van der Waals surface area contributed by atoms with E-state index in [9.17, 15) is 4.79 Å². The Hall–Kier alpha value is -2.64. The van der Waals surface area contributed by atoms with Crippen LogP contribution in [-0.2, 0) is 33.8 Å². The van der Waals surface area contributed by atoms with Gasteiger partial charge in [-0.05, 0) is 109 Å². The summed E-state index contributed by atoms with van der Waals surface area (Å²) in [7, 11) is -7.47. The van der Waals surface area contributed by atoms with Crippen LogP contribution in [0.1, 0.15) is 73.3 Å². The number of hydrogen-bond acceptors (Lipinski definition) is 7. The maximum Gasteiger partial charge on any atom is 0.261 e. The van der Waals surface area contributed by atoms with Crippen LogP contribution < -0.4 is 15.1 Å². The zero-order valence-electron chi connectivity index (χ0n) is 40.0. The Morgan fingerprint density at radius 3 is 1.67 bits per heavy atom. The van der Waals surface area contributed by atoms with Crippen molar-refractivity contribution in [3.05, 3.63) is 90.5 Å². The van der Waals surface area contributed by atoms with E-state index in [4.69, 9.17) is 27.2 Å². The lowest BCUT2D eigenvalue weighted by Crippen LogP contribution is -2.67. The van der Waals surface area contributed by atoms with Crippen LogP contribution in [0.15, 0.2) is 84.9 Å². The molecule has 7 nitrogen and oxygen atoms in total. The minimum absolute atomic E-state index is 0.0775. The van der Waals surface area contributed by atoms with Crippen molar-refractivity contribution >= 4 is 49.4 Å². The van der Waals surface area contributed by atoms with Gasteiger partial charge < -0.3 is 27.2 Å². The lowest BCUT2D eigenvalue weighted by atomic mass is 10.0. The second-order valence-corrected chi connectivity index (χ2v) is 38.7. The number of Topliss-reactive ketones (excluding diaryl/α,β-unsaturated/α-hetero) is 1. The molecular weight excluding hydrogens is 813 g/mol. The first kappa shape index (κ1) is 51.7. The van der Waals surface area contributed by atoms with Gasteiger partial charge in [-0.15, -0.1) is 0 Å². The van der Waals surface area contributed by atoms with E-state index in [1.165, 1.54) is 10.4 Å². The summed E-state index contributed by atoms with van der Waals surface area (Å²) in [6.45, 7) is 34.7. The molecule has 0 saturated carbocycles. The second-order valence-electron chi connectivity index (χ2n) is 20.7. The molecule has 0 heterocycles. The number of carbonyl (C=O) groups excluding carboxylic acids is 1. The molecule has 60 heavy (non-hydrogen) atoms. The first-order chi connectivity index (χ1) is 27.8. The van der Waals surface area contributed by atoms with Gasteiger partial charge in [0.15, 0.2) is 25.0 Å². The predicted octanol–water partition coefficient (Wildman–Crippen LogP) is 11.0. The molecule has 0 fully saturated rings. The number of rotatable bonds is 22. The van der Waals surface area contributed by atoms with Gasteiger partial charge in [-0.25, -0.2) is 0 Å². The number of benzene rings is 3. The maximum atomic E-state index is 14.3. The zero-order chi connectivity index (χ0) is 45.0. The summed E-state index contributed by atoms with van der Waals surface area (Å²) in [5, 5.41) is 2.21. The SMILES string of the molecule is COc1ccc(COC[C@@H](C)[C@H](CC#CC(=O)[C@@H](CC[C@@H](CO[Si](c2ccccc2)(c2ccccc2)C(C)(C)C)O[Si](C)(C)C)O[Si](C)(C)C(C)(C)C)O[Si](C)(C)C)cc1. The Morgan fingerprint density at radius 2 is 1.20 bits per heavy atom. The molecule has 0 aliphatic carbocycles. The molecule has 0 spiro atoms. The highest BCUT2D eigenvalue weighted by atomic mass is 28.4. The number of ketones is 1. The number of carbonyl (C=O) groups is 1. The van der Waals surface area contributed by atoms with Crippen LogP contribution >= 0.6 is 0 Å². The Balaban J connectivity index is 1.88. The van der Waals surface area contributed by atoms with E-state index >= 15 is 0 Å². The minimum Gasteiger partial charge on any atom is -0.497 e. The van der Waals surface area contributed by atoms with Crippen molar-refractivity contribution in [1.29, 1.82) is 0 Å². The number of ether oxygens (including phenoxy) is 2. The molecule has 0 aromatic heterocycles. The van der Waals surface area contributed by atoms with Crippen molar-refractivity contribution in [1.82, 2.24) is 0 Å². The van der Waals surface area contributed by atoms with Gasteiger partial charge in [-0.3, -0.25) is 4.79 Å². The number of methoxy groups -OCH3 is 1. The molecule has 4 atom stereocenters. The highest BCUT2D eigenvalue weighted by molar-refractivity contribution is 6.99. The van der Waals surface area contributed by atoms with Crippen LogP contribution in [-0.4, -0.2) is 77.7 Å². The van der Waals surface area contributed by atoms with E-state index in [2.05, 4.69) is 173 Å². The van der Waals surface area contributed by atoms with Gasteiger partial charge in [0.2, 0.25) is 5.78 Å². The highest BCUT2D eigenvalue weighted by Crippen LogP contribution is 2.39. The van der Waals surface area contributed by atoms with E-state index in [0.29, 0.717) is 39.1 Å². The summed E-state index contributed by atoms with van der Waals surface area (Å²) in [5.41, 5.74) is 1.08. The van der Waals surface area contributed by atoms with E-state index < -0.39 is 39.4 Å². The van der Waals surface area contributed by atoms with Gasteiger partial charge >= 0.3 is 0 Å². The largest absolute Gasteiger partial charge is 0.497 e. The average Bonchev–Trinajstić information content (AvgIpc) is 3.15. The molecule has 3 aromatic rings. The first-order valence-corrected chi connectivity index (χ1v) is 33.4. The van der Waals surface area contributed by atoms with Crippen LogP contribution in [0, 0.1) is 17.8 Å². The van der Waals surface area contributed by atoms with Crippen molar-refractivity contribution in [2.45, 2.75) is 155 Å². The Kier molecular flexibility index (Phi) is 19.1. The third kappa shape index (κ3) is 15.9. The summed E-state index contributed by atoms with van der Waals surface area (Å²) >= 11 is 0. The van der Waals surface area contributed by atoms with E-state index in [-0.39, 0.29) is 34.0 Å². The number of hydrogen-bond donors (Lipinski definition) is 0. The van der Waals surface area contributed by atoms with Crippen molar-refractivity contribution < 1.29 is 32.0 Å². The average molecular weight is 891 g/mol. The molecule has 0 unspecified atom stereocenters. The van der Waals surface area contributed by atoms with Crippen LogP contribution in [0.25, 0.3) is 0 Å². The standard InChI is InChI=1S/C49H78O7Si4/c1-39(36-52-37-40-30-32-41(51-8)33-31-40)46(55-58(12,13)14)29-23-28-45(50)47(56-59(15,16)48(2,3)4)35-34-42(54-57(9,10)11)38-53-60(49(5,6)7,43-24-19-17-20-25-43)44-26-21-18-22-27-44/h17-22,24-27,30-33,39,42,46-47H,29,34-38H2,1-16H3/t39-,42+,46+,47-/m1/s1. The molecule has 0 bridgehead atoms. The van der Waals surface area contributed by atoms with Gasteiger partial charge in [-0.2, -0.15) is 0 Å². The molecule has 0 aliphatic heterocycles. The van der Waals surface area contributed by atoms with Gasteiger partial charge in [0.05, 0.1) is 39.1 Å². The predicted molar refractivity (Wildman–Crippen MR) is 261 cm³/mol. The van der Waals surface area contributed by atoms with Gasteiger partial charge in [0.1, 0.15) is 11.9 Å². The Labute approximate surface area is 369 Å². The third-order valence-electron chi connectivity index (χ3n) is 11.2. The summed E-state index contributed by atoms with van der Waals surface area (Å²) in [5.74, 6) is 7.02. The lowest BCUT2D eigenvalue weighted by Gasteiger charge is -2.44. The Bertz CT molecular complexity index is 1760. The molecule has 0 amide bonds. The quantitative estimate of drug-likeness (QED) is 0.0565. The van der Waals surface area contributed by atoms with E-state index in [1.54, 1.807) is 7.11 Å². The topological polar surface area (TPSA) is 72.5 Å². The molecule has 332 valence electrons. The molecule has 3 aromatic carbocycles. The molecular formula is C49H78O7Si4. The highest BCUT2D eigenvalue weighted by Gasteiger charge is 2.50. The molecule has 0 N–H and O–H groups in total. The third-order valence-corrected chi connectivity index (χ3v) is 22.7. The zero-order valence-corrected chi connectivity index (χ0v) is 44.0. The van der Waals surface area contributed by atoms with Crippen molar-refractivity contribution in [3.63, 3.8) is 0 Å². The smallest absolute Gasteiger partial charge is 0.261 e. The molecule has 3 rings (SSSR count). The summed E-state index contributed by atoms with van der Waals surface area (Å²) in [6.07, 6.45) is 0.464. The van der Waals surface area contributed by atoms with Crippen molar-refractivity contribution in [2.75, 3.05) is 20.3 Å². The van der Waals surface area contributed by atoms with Crippen LogP contribution in [0.2, 0.25) is 62.5 Å². The fourth-order valence-electron chi connectivity index (χ4n) is 7.09.